The summed E-state index contributed by atoms with van der Waals surface area (Å²) < 4.78 is 0. The molecule has 0 saturated carbocycles. The van der Waals surface area contributed by atoms with Gasteiger partial charge in [-0.05, 0) is 23.3 Å². The van der Waals surface area contributed by atoms with Gasteiger partial charge in [-0.15, -0.1) is 0 Å². The highest BCUT2D eigenvalue weighted by Crippen LogP contribution is 2.31. The topological polar surface area (TPSA) is 81.9 Å². The van der Waals surface area contributed by atoms with Crippen LogP contribution >= 0.6 is 0 Å². The number of likely N-dealkylation sites (N-methyl/N-ethyl adjacent to an activating group) is 1. The quantitative estimate of drug-likeness (QED) is 0.658. The Labute approximate surface area is 115 Å². The molecular weight excluding hydrogens is 254 g/mol. The van der Waals surface area contributed by atoms with Gasteiger partial charge in [-0.1, -0.05) is 6.07 Å². The average molecular weight is 265 g/mol. The SMILES string of the molecule is CN1C(=O)Cc2cc(-c3cnc(NC#N)nc3)ccc21. The number of aromatic nitrogens is 2. The second-order valence-electron chi connectivity index (χ2n) is 4.51. The van der Waals surface area contributed by atoms with Crippen LogP contribution in [0.2, 0.25) is 0 Å². The third-order valence-corrected chi connectivity index (χ3v) is 3.31. The minimum absolute atomic E-state index is 0.0990. The van der Waals surface area contributed by atoms with E-state index in [0.717, 1.165) is 22.4 Å². The molecule has 1 aliphatic heterocycles. The summed E-state index contributed by atoms with van der Waals surface area (Å²) in [6.45, 7) is 0. The van der Waals surface area contributed by atoms with Gasteiger partial charge < -0.3 is 4.90 Å². The highest BCUT2D eigenvalue weighted by atomic mass is 16.2. The zero-order valence-corrected chi connectivity index (χ0v) is 10.8. The zero-order chi connectivity index (χ0) is 14.1. The van der Waals surface area contributed by atoms with Gasteiger partial charge in [0.05, 0.1) is 6.42 Å². The Kier molecular flexibility index (Phi) is 2.80. The number of nitrogens with zero attached hydrogens (tertiary/aromatic N) is 4. The van der Waals surface area contributed by atoms with E-state index in [0.29, 0.717) is 6.42 Å². The number of amides is 1. The molecule has 20 heavy (non-hydrogen) atoms. The first-order chi connectivity index (χ1) is 9.69. The van der Waals surface area contributed by atoms with Gasteiger partial charge in [0.15, 0.2) is 6.19 Å². The Morgan fingerprint density at radius 1 is 1.30 bits per heavy atom. The molecule has 98 valence electrons. The van der Waals surface area contributed by atoms with E-state index in [1.807, 2.05) is 18.2 Å². The molecule has 0 unspecified atom stereocenters. The van der Waals surface area contributed by atoms with Gasteiger partial charge in [-0.2, -0.15) is 5.26 Å². The summed E-state index contributed by atoms with van der Waals surface area (Å²) in [5.41, 5.74) is 3.75. The van der Waals surface area contributed by atoms with Gasteiger partial charge in [-0.25, -0.2) is 9.97 Å². The lowest BCUT2D eigenvalue weighted by Gasteiger charge is -2.10. The molecule has 0 aliphatic carbocycles. The van der Waals surface area contributed by atoms with Crippen LogP contribution in [0.5, 0.6) is 0 Å². The molecule has 0 saturated heterocycles. The van der Waals surface area contributed by atoms with E-state index in [4.69, 9.17) is 5.26 Å². The molecule has 1 N–H and O–H groups in total. The lowest BCUT2D eigenvalue weighted by molar-refractivity contribution is -0.117. The van der Waals surface area contributed by atoms with Gasteiger partial charge in [-0.3, -0.25) is 10.1 Å². The smallest absolute Gasteiger partial charge is 0.236 e. The second kappa shape index (κ2) is 4.63. The number of hydrogen-bond acceptors (Lipinski definition) is 5. The van der Waals surface area contributed by atoms with Crippen LogP contribution in [-0.2, 0) is 11.2 Å². The molecule has 1 aromatic carbocycles. The minimum Gasteiger partial charge on any atom is -0.315 e. The van der Waals surface area contributed by atoms with Crippen molar-refractivity contribution in [2.45, 2.75) is 6.42 Å². The number of carbonyl (C=O) groups is 1. The molecule has 2 aromatic rings. The molecule has 0 fully saturated rings. The number of carbonyl (C=O) groups excluding carboxylic acids is 1. The zero-order valence-electron chi connectivity index (χ0n) is 10.8. The van der Waals surface area contributed by atoms with Crippen LogP contribution < -0.4 is 10.2 Å². The van der Waals surface area contributed by atoms with Crippen molar-refractivity contribution < 1.29 is 4.79 Å². The molecule has 0 spiro atoms. The van der Waals surface area contributed by atoms with Gasteiger partial charge in [0, 0.05) is 30.7 Å². The second-order valence-corrected chi connectivity index (χ2v) is 4.51. The standard InChI is InChI=1S/C14H11N5O/c1-19-12-3-2-9(4-10(12)5-13(19)20)11-6-16-14(17-7-11)18-8-15/h2-4,6-7H,5H2,1H3,(H,16,17,18). The molecule has 1 amide bonds. The average Bonchev–Trinajstić information content (AvgIpc) is 2.75. The monoisotopic (exact) mass is 265 g/mol. The fourth-order valence-corrected chi connectivity index (χ4v) is 2.24. The van der Waals surface area contributed by atoms with Crippen molar-refractivity contribution in [3.8, 4) is 17.3 Å². The van der Waals surface area contributed by atoms with Crippen molar-refractivity contribution in [2.75, 3.05) is 17.3 Å². The number of fused-ring (bicyclic) bond motifs is 1. The normalized spacial score (nSPS) is 13.0. The van der Waals surface area contributed by atoms with E-state index in [2.05, 4.69) is 15.3 Å². The number of hydrogen-bond donors (Lipinski definition) is 1. The molecule has 0 atom stereocenters. The van der Waals surface area contributed by atoms with Gasteiger partial charge in [0.1, 0.15) is 0 Å². The molecule has 6 nitrogen and oxygen atoms in total. The van der Waals surface area contributed by atoms with Crippen LogP contribution in [0.1, 0.15) is 5.56 Å². The van der Waals surface area contributed by atoms with E-state index in [9.17, 15) is 4.79 Å². The number of anilines is 2. The first-order valence-corrected chi connectivity index (χ1v) is 6.06. The van der Waals surface area contributed by atoms with Crippen LogP contribution in [0.25, 0.3) is 11.1 Å². The lowest BCUT2D eigenvalue weighted by atomic mass is 10.0. The Hall–Kier alpha value is -2.94. The maximum atomic E-state index is 11.7. The maximum Gasteiger partial charge on any atom is 0.236 e. The predicted octanol–water partition coefficient (Wildman–Crippen LogP) is 1.56. The molecule has 0 bridgehead atoms. The summed E-state index contributed by atoms with van der Waals surface area (Å²) in [5, 5.41) is 10.9. The van der Waals surface area contributed by atoms with Crippen molar-refractivity contribution in [2.24, 2.45) is 0 Å². The highest BCUT2D eigenvalue weighted by molar-refractivity contribution is 6.01. The maximum absolute atomic E-state index is 11.7. The fraction of sp³-hybridized carbons (Fsp3) is 0.143. The summed E-state index contributed by atoms with van der Waals surface area (Å²) in [5.74, 6) is 0.370. The number of nitrogens with one attached hydrogen (secondary N) is 1. The van der Waals surface area contributed by atoms with Gasteiger partial charge in [0.2, 0.25) is 11.9 Å². The van der Waals surface area contributed by atoms with Gasteiger partial charge >= 0.3 is 0 Å². The summed E-state index contributed by atoms with van der Waals surface area (Å²) in [6.07, 6.45) is 5.49. The third kappa shape index (κ3) is 1.95. The van der Waals surface area contributed by atoms with E-state index in [1.165, 1.54) is 0 Å². The van der Waals surface area contributed by atoms with Crippen LogP contribution in [0, 0.1) is 11.5 Å². The van der Waals surface area contributed by atoms with Crippen molar-refractivity contribution in [1.82, 2.24) is 9.97 Å². The summed E-state index contributed by atoms with van der Waals surface area (Å²) in [7, 11) is 1.78. The van der Waals surface area contributed by atoms with Crippen molar-refractivity contribution in [1.29, 1.82) is 5.26 Å². The van der Waals surface area contributed by atoms with Crippen LogP contribution in [0.4, 0.5) is 11.6 Å². The third-order valence-electron chi connectivity index (χ3n) is 3.31. The van der Waals surface area contributed by atoms with E-state index in [1.54, 1.807) is 30.5 Å². The minimum atomic E-state index is 0.0990. The predicted molar refractivity (Wildman–Crippen MR) is 73.8 cm³/mol. The molecule has 6 heteroatoms. The molecule has 2 heterocycles. The molecular formula is C14H11N5O. The largest absolute Gasteiger partial charge is 0.315 e. The first-order valence-electron chi connectivity index (χ1n) is 6.06. The summed E-state index contributed by atoms with van der Waals surface area (Å²) in [4.78, 5) is 21.4. The van der Waals surface area contributed by atoms with Crippen molar-refractivity contribution in [3.05, 3.63) is 36.2 Å². The van der Waals surface area contributed by atoms with Crippen LogP contribution in [0.3, 0.4) is 0 Å². The molecule has 0 radical (unpaired) electrons. The highest BCUT2D eigenvalue weighted by Gasteiger charge is 2.23. The first kappa shape index (κ1) is 12.1. The Balaban J connectivity index is 1.94. The van der Waals surface area contributed by atoms with Crippen molar-refractivity contribution >= 4 is 17.5 Å². The number of benzene rings is 1. The molecule has 1 aliphatic rings. The lowest BCUT2D eigenvalue weighted by Crippen LogP contribution is -2.20. The number of rotatable bonds is 2. The van der Waals surface area contributed by atoms with Crippen LogP contribution in [-0.4, -0.2) is 22.9 Å². The number of nitriles is 1. The van der Waals surface area contributed by atoms with E-state index < -0.39 is 0 Å². The summed E-state index contributed by atoms with van der Waals surface area (Å²) >= 11 is 0. The Bertz CT molecular complexity index is 717. The van der Waals surface area contributed by atoms with Crippen LogP contribution in [0.15, 0.2) is 30.6 Å². The molecule has 1 aromatic heterocycles. The summed E-state index contributed by atoms with van der Waals surface area (Å²) in [6, 6.07) is 5.84. The van der Waals surface area contributed by atoms with Gasteiger partial charge in [0.25, 0.3) is 0 Å². The Morgan fingerprint density at radius 3 is 2.75 bits per heavy atom. The Morgan fingerprint density at radius 2 is 2.05 bits per heavy atom. The molecule has 3 rings (SSSR count). The van der Waals surface area contributed by atoms with E-state index >= 15 is 0 Å². The van der Waals surface area contributed by atoms with Crippen molar-refractivity contribution in [3.63, 3.8) is 0 Å². The van der Waals surface area contributed by atoms with E-state index in [-0.39, 0.29) is 11.9 Å². The fourth-order valence-electron chi connectivity index (χ4n) is 2.24.